The summed E-state index contributed by atoms with van der Waals surface area (Å²) in [5, 5.41) is 8.90. The van der Waals surface area contributed by atoms with Crippen LogP contribution in [0.3, 0.4) is 0 Å². The van der Waals surface area contributed by atoms with E-state index in [1.807, 2.05) is 24.8 Å². The van der Waals surface area contributed by atoms with Crippen molar-refractivity contribution in [3.05, 3.63) is 23.9 Å². The van der Waals surface area contributed by atoms with E-state index in [1.54, 1.807) is 13.2 Å². The van der Waals surface area contributed by atoms with Gasteiger partial charge in [0.1, 0.15) is 5.82 Å². The molecule has 0 radical (unpaired) electrons. The third-order valence-electron chi connectivity index (χ3n) is 2.41. The van der Waals surface area contributed by atoms with Crippen molar-refractivity contribution in [1.82, 2.24) is 4.98 Å². The number of aromatic carboxylic acids is 1. The number of carboxylic acid groups (broad SMARTS) is 1. The number of hydrogen-bond acceptors (Lipinski definition) is 4. The zero-order chi connectivity index (χ0) is 12.8. The molecule has 0 saturated carbocycles. The van der Waals surface area contributed by atoms with Crippen molar-refractivity contribution in [2.24, 2.45) is 0 Å². The molecule has 0 aromatic carbocycles. The number of hydrogen-bond donors (Lipinski definition) is 1. The lowest BCUT2D eigenvalue weighted by Gasteiger charge is -2.27. The van der Waals surface area contributed by atoms with Crippen LogP contribution in [0, 0.1) is 0 Å². The summed E-state index contributed by atoms with van der Waals surface area (Å²) < 4.78 is 5.04. The van der Waals surface area contributed by atoms with Gasteiger partial charge in [0.05, 0.1) is 6.61 Å². The van der Waals surface area contributed by atoms with Gasteiger partial charge in [0.2, 0.25) is 0 Å². The van der Waals surface area contributed by atoms with Gasteiger partial charge in [-0.3, -0.25) is 0 Å². The smallest absolute Gasteiger partial charge is 0.354 e. The summed E-state index contributed by atoms with van der Waals surface area (Å²) in [4.78, 5) is 17.0. The van der Waals surface area contributed by atoms with Crippen molar-refractivity contribution < 1.29 is 14.6 Å². The molecule has 17 heavy (non-hydrogen) atoms. The van der Waals surface area contributed by atoms with E-state index in [1.165, 1.54) is 6.07 Å². The predicted octanol–water partition coefficient (Wildman–Crippen LogP) is 1.64. The Bertz CT molecular complexity index is 380. The number of aromatic nitrogens is 1. The predicted molar refractivity (Wildman–Crippen MR) is 65.6 cm³/mol. The number of methoxy groups -OCH3 is 1. The van der Waals surface area contributed by atoms with Gasteiger partial charge in [-0.05, 0) is 26.0 Å². The fraction of sp³-hybridized carbons (Fsp3) is 0.500. The zero-order valence-electron chi connectivity index (χ0n) is 10.4. The van der Waals surface area contributed by atoms with Crippen LogP contribution >= 0.6 is 0 Å². The summed E-state index contributed by atoms with van der Waals surface area (Å²) in [5.41, 5.74) is 0.0607. The van der Waals surface area contributed by atoms with Crippen molar-refractivity contribution in [2.75, 3.05) is 25.2 Å². The summed E-state index contributed by atoms with van der Waals surface area (Å²) in [6, 6.07) is 5.23. The van der Waals surface area contributed by atoms with Crippen LogP contribution in [0.2, 0.25) is 0 Å². The van der Waals surface area contributed by atoms with Crippen molar-refractivity contribution in [1.29, 1.82) is 0 Å². The monoisotopic (exact) mass is 238 g/mol. The summed E-state index contributed by atoms with van der Waals surface area (Å²) in [6.45, 7) is 5.33. The Kier molecular flexibility index (Phi) is 4.90. The number of anilines is 1. The topological polar surface area (TPSA) is 62.7 Å². The van der Waals surface area contributed by atoms with Gasteiger partial charge in [-0.25, -0.2) is 9.78 Å². The molecule has 0 spiro atoms. The van der Waals surface area contributed by atoms with Crippen LogP contribution < -0.4 is 4.90 Å². The van der Waals surface area contributed by atoms with Gasteiger partial charge in [0.25, 0.3) is 0 Å². The molecule has 0 unspecified atom stereocenters. The zero-order valence-corrected chi connectivity index (χ0v) is 10.4. The average molecular weight is 238 g/mol. The van der Waals surface area contributed by atoms with E-state index in [9.17, 15) is 4.79 Å². The number of pyridine rings is 1. The highest BCUT2D eigenvalue weighted by molar-refractivity contribution is 5.85. The first-order chi connectivity index (χ1) is 8.06. The number of nitrogens with zero attached hydrogens (tertiary/aromatic N) is 2. The van der Waals surface area contributed by atoms with Crippen molar-refractivity contribution >= 4 is 11.8 Å². The molecule has 1 heterocycles. The molecule has 0 saturated heterocycles. The minimum absolute atomic E-state index is 0.0607. The first-order valence-electron chi connectivity index (χ1n) is 5.52. The van der Waals surface area contributed by atoms with Crippen molar-refractivity contribution in [3.8, 4) is 0 Å². The Hall–Kier alpha value is -1.62. The van der Waals surface area contributed by atoms with Crippen LogP contribution in [0.15, 0.2) is 18.2 Å². The van der Waals surface area contributed by atoms with E-state index in [4.69, 9.17) is 9.84 Å². The first-order valence-corrected chi connectivity index (χ1v) is 5.52. The quantitative estimate of drug-likeness (QED) is 0.816. The molecule has 0 amide bonds. The molecule has 5 heteroatoms. The first kappa shape index (κ1) is 13.4. The standard InChI is InChI=1S/C12H18N2O3/c1-9(2)14(7-8-17-3)11-6-4-5-10(13-11)12(15)16/h4-6,9H,7-8H2,1-3H3,(H,15,16). The van der Waals surface area contributed by atoms with E-state index < -0.39 is 5.97 Å². The van der Waals surface area contributed by atoms with Crippen molar-refractivity contribution in [2.45, 2.75) is 19.9 Å². The summed E-state index contributed by atoms with van der Waals surface area (Å²) >= 11 is 0. The summed E-state index contributed by atoms with van der Waals surface area (Å²) in [5.74, 6) is -0.348. The molecule has 0 aliphatic rings. The molecular formula is C12H18N2O3. The van der Waals surface area contributed by atoms with E-state index in [0.717, 1.165) is 0 Å². The summed E-state index contributed by atoms with van der Waals surface area (Å²) in [6.07, 6.45) is 0. The fourth-order valence-corrected chi connectivity index (χ4v) is 1.53. The second kappa shape index (κ2) is 6.20. The van der Waals surface area contributed by atoms with Gasteiger partial charge in [0, 0.05) is 19.7 Å². The van der Waals surface area contributed by atoms with Gasteiger partial charge < -0.3 is 14.7 Å². The lowest BCUT2D eigenvalue weighted by Crippen LogP contribution is -2.34. The van der Waals surface area contributed by atoms with Crippen LogP contribution in [-0.2, 0) is 4.74 Å². The molecule has 1 N–H and O–H groups in total. The fourth-order valence-electron chi connectivity index (χ4n) is 1.53. The van der Waals surface area contributed by atoms with Gasteiger partial charge in [-0.1, -0.05) is 6.07 Å². The molecule has 5 nitrogen and oxygen atoms in total. The normalized spacial score (nSPS) is 10.6. The third kappa shape index (κ3) is 3.71. The van der Waals surface area contributed by atoms with Gasteiger partial charge in [0.15, 0.2) is 5.69 Å². The van der Waals surface area contributed by atoms with E-state index >= 15 is 0 Å². The van der Waals surface area contributed by atoms with Crippen LogP contribution in [-0.4, -0.2) is 42.4 Å². The number of ether oxygens (including phenoxy) is 1. The number of carboxylic acids is 1. The van der Waals surface area contributed by atoms with Gasteiger partial charge in [-0.15, -0.1) is 0 Å². The Morgan fingerprint density at radius 1 is 1.53 bits per heavy atom. The molecular weight excluding hydrogens is 220 g/mol. The van der Waals surface area contributed by atoms with Crippen LogP contribution in [0.1, 0.15) is 24.3 Å². The molecule has 1 rings (SSSR count). The van der Waals surface area contributed by atoms with E-state index in [-0.39, 0.29) is 11.7 Å². The molecule has 1 aromatic heterocycles. The molecule has 0 fully saturated rings. The second-order valence-corrected chi connectivity index (χ2v) is 3.97. The highest BCUT2D eigenvalue weighted by Crippen LogP contribution is 2.14. The molecule has 0 aliphatic heterocycles. The van der Waals surface area contributed by atoms with E-state index in [2.05, 4.69) is 4.98 Å². The number of carbonyl (C=O) groups is 1. The Morgan fingerprint density at radius 3 is 2.76 bits per heavy atom. The SMILES string of the molecule is COCCN(c1cccc(C(=O)O)n1)C(C)C. The maximum absolute atomic E-state index is 10.9. The Morgan fingerprint density at radius 2 is 2.24 bits per heavy atom. The van der Waals surface area contributed by atoms with Gasteiger partial charge >= 0.3 is 5.97 Å². The molecule has 0 bridgehead atoms. The van der Waals surface area contributed by atoms with Crippen LogP contribution in [0.4, 0.5) is 5.82 Å². The maximum Gasteiger partial charge on any atom is 0.354 e. The average Bonchev–Trinajstić information content (AvgIpc) is 2.29. The maximum atomic E-state index is 10.9. The molecule has 0 aliphatic carbocycles. The van der Waals surface area contributed by atoms with Gasteiger partial charge in [-0.2, -0.15) is 0 Å². The molecule has 0 atom stereocenters. The van der Waals surface area contributed by atoms with Crippen molar-refractivity contribution in [3.63, 3.8) is 0 Å². The minimum Gasteiger partial charge on any atom is -0.477 e. The highest BCUT2D eigenvalue weighted by Gasteiger charge is 2.13. The Labute approximate surface area is 101 Å². The summed E-state index contributed by atoms with van der Waals surface area (Å²) in [7, 11) is 1.64. The Balaban J connectivity index is 2.93. The lowest BCUT2D eigenvalue weighted by molar-refractivity contribution is 0.0690. The minimum atomic E-state index is -1.01. The number of rotatable bonds is 6. The van der Waals surface area contributed by atoms with E-state index in [0.29, 0.717) is 19.0 Å². The third-order valence-corrected chi connectivity index (χ3v) is 2.41. The molecule has 1 aromatic rings. The second-order valence-electron chi connectivity index (χ2n) is 3.97. The van der Waals surface area contributed by atoms with Crippen LogP contribution in [0.5, 0.6) is 0 Å². The molecule has 94 valence electrons. The highest BCUT2D eigenvalue weighted by atomic mass is 16.5. The lowest BCUT2D eigenvalue weighted by atomic mass is 10.3. The largest absolute Gasteiger partial charge is 0.477 e. The van der Waals surface area contributed by atoms with Crippen LogP contribution in [0.25, 0.3) is 0 Å².